The van der Waals surface area contributed by atoms with Gasteiger partial charge in [-0.2, -0.15) is 0 Å². The largest absolute Gasteiger partial charge is 0.480 e. The Morgan fingerprint density at radius 1 is 1.44 bits per heavy atom. The highest BCUT2D eigenvalue weighted by atomic mass is 16.4. The van der Waals surface area contributed by atoms with E-state index in [0.29, 0.717) is 18.9 Å². The van der Waals surface area contributed by atoms with Crippen LogP contribution in [0.1, 0.15) is 26.2 Å². The number of hydrogen-bond donors (Lipinski definition) is 4. The van der Waals surface area contributed by atoms with Gasteiger partial charge in [-0.15, -0.1) is 0 Å². The predicted molar refractivity (Wildman–Crippen MR) is 68.0 cm³/mol. The number of carboxylic acid groups (broad SMARTS) is 1. The van der Waals surface area contributed by atoms with Gasteiger partial charge in [0, 0.05) is 12.5 Å². The molecule has 1 amide bonds. The minimum absolute atomic E-state index is 0.135. The quantitative estimate of drug-likeness (QED) is 0.533. The molecule has 5 N–H and O–H groups in total. The molecule has 3 atom stereocenters. The number of likely N-dealkylation sites (N-methyl/N-ethyl adjacent to an activating group) is 1. The van der Waals surface area contributed by atoms with Crippen molar-refractivity contribution in [3.63, 3.8) is 0 Å². The van der Waals surface area contributed by atoms with Gasteiger partial charge in [0.05, 0.1) is 6.54 Å². The van der Waals surface area contributed by atoms with Crippen molar-refractivity contribution in [2.24, 2.45) is 17.6 Å². The first-order valence-electron chi connectivity index (χ1n) is 6.33. The first kappa shape index (κ1) is 14.9. The standard InChI is InChI=1S/C12H23N3O3/c1-8-3-4-9(6-15-10(16)7-14-2)12(13,5-8)11(17)18/h8-9,14H,3-7,13H2,1-2H3,(H,15,16)(H,17,18)/t8-,9+,12-/m1/s1. The van der Waals surface area contributed by atoms with Crippen molar-refractivity contribution in [2.45, 2.75) is 31.7 Å². The normalized spacial score (nSPS) is 31.9. The molecule has 1 fully saturated rings. The van der Waals surface area contributed by atoms with Crippen molar-refractivity contribution in [3.8, 4) is 0 Å². The van der Waals surface area contributed by atoms with Crippen molar-refractivity contribution in [3.05, 3.63) is 0 Å². The van der Waals surface area contributed by atoms with Crippen molar-refractivity contribution >= 4 is 11.9 Å². The van der Waals surface area contributed by atoms with E-state index in [1.165, 1.54) is 0 Å². The molecule has 0 saturated heterocycles. The van der Waals surface area contributed by atoms with Crippen molar-refractivity contribution < 1.29 is 14.7 Å². The summed E-state index contributed by atoms with van der Waals surface area (Å²) in [6.07, 6.45) is 2.16. The number of rotatable bonds is 5. The Hall–Kier alpha value is -1.14. The molecule has 6 heteroatoms. The zero-order valence-electron chi connectivity index (χ0n) is 11.0. The molecule has 0 aliphatic heterocycles. The van der Waals surface area contributed by atoms with E-state index in [4.69, 9.17) is 5.73 Å². The molecule has 1 aliphatic carbocycles. The summed E-state index contributed by atoms with van der Waals surface area (Å²) in [5.74, 6) is -0.992. The van der Waals surface area contributed by atoms with E-state index >= 15 is 0 Å². The lowest BCUT2D eigenvalue weighted by atomic mass is 9.69. The Labute approximate surface area is 107 Å². The second-order valence-electron chi connectivity index (χ2n) is 5.26. The van der Waals surface area contributed by atoms with Crippen molar-refractivity contribution in [2.75, 3.05) is 20.1 Å². The maximum Gasteiger partial charge on any atom is 0.324 e. The fraction of sp³-hybridized carbons (Fsp3) is 0.833. The van der Waals surface area contributed by atoms with E-state index in [-0.39, 0.29) is 18.4 Å². The molecule has 0 unspecified atom stereocenters. The van der Waals surface area contributed by atoms with Crippen LogP contribution in [0.15, 0.2) is 0 Å². The summed E-state index contributed by atoms with van der Waals surface area (Å²) in [6, 6.07) is 0. The molecule has 0 aromatic carbocycles. The van der Waals surface area contributed by atoms with E-state index < -0.39 is 11.5 Å². The van der Waals surface area contributed by atoms with Gasteiger partial charge in [-0.1, -0.05) is 13.3 Å². The van der Waals surface area contributed by atoms with Gasteiger partial charge >= 0.3 is 5.97 Å². The second-order valence-corrected chi connectivity index (χ2v) is 5.26. The first-order valence-corrected chi connectivity index (χ1v) is 6.33. The third kappa shape index (κ3) is 3.43. The van der Waals surface area contributed by atoms with Gasteiger partial charge in [-0.3, -0.25) is 9.59 Å². The lowest BCUT2D eigenvalue weighted by Crippen LogP contribution is -2.60. The van der Waals surface area contributed by atoms with Crippen LogP contribution < -0.4 is 16.4 Å². The van der Waals surface area contributed by atoms with Crippen molar-refractivity contribution in [1.29, 1.82) is 0 Å². The Morgan fingerprint density at radius 2 is 2.11 bits per heavy atom. The predicted octanol–water partition coefficient (Wildman–Crippen LogP) is -0.460. The summed E-state index contributed by atoms with van der Waals surface area (Å²) in [5.41, 5.74) is 4.81. The molecule has 0 radical (unpaired) electrons. The van der Waals surface area contributed by atoms with Crippen molar-refractivity contribution in [1.82, 2.24) is 10.6 Å². The van der Waals surface area contributed by atoms with Crippen LogP contribution in [0.5, 0.6) is 0 Å². The fourth-order valence-electron chi connectivity index (χ4n) is 2.59. The Bertz CT molecular complexity index is 322. The van der Waals surface area contributed by atoms with E-state index in [9.17, 15) is 14.7 Å². The van der Waals surface area contributed by atoms with Gasteiger partial charge in [0.2, 0.25) is 5.91 Å². The maximum absolute atomic E-state index is 11.4. The van der Waals surface area contributed by atoms with Crippen LogP contribution in [0.2, 0.25) is 0 Å². The summed E-state index contributed by atoms with van der Waals surface area (Å²) < 4.78 is 0. The number of aliphatic carboxylic acids is 1. The minimum Gasteiger partial charge on any atom is -0.480 e. The SMILES string of the molecule is CNCC(=O)NC[C@@H]1CC[C@@H](C)C[C@]1(N)C(=O)O. The fourth-order valence-corrected chi connectivity index (χ4v) is 2.59. The number of nitrogens with two attached hydrogens (primary N) is 1. The molecule has 1 rings (SSSR count). The number of carboxylic acids is 1. The second kappa shape index (κ2) is 6.15. The van der Waals surface area contributed by atoms with Gasteiger partial charge < -0.3 is 21.5 Å². The molecule has 0 aromatic rings. The highest BCUT2D eigenvalue weighted by Crippen LogP contribution is 2.35. The maximum atomic E-state index is 11.4. The Balaban J connectivity index is 2.61. The smallest absolute Gasteiger partial charge is 0.324 e. The molecule has 0 aromatic heterocycles. The van der Waals surface area contributed by atoms with Crippen LogP contribution >= 0.6 is 0 Å². The van der Waals surface area contributed by atoms with Crippen LogP contribution in [-0.2, 0) is 9.59 Å². The third-order valence-corrected chi connectivity index (χ3v) is 3.70. The lowest BCUT2D eigenvalue weighted by Gasteiger charge is -2.40. The average molecular weight is 257 g/mol. The number of nitrogens with one attached hydrogen (secondary N) is 2. The average Bonchev–Trinajstić information content (AvgIpc) is 2.28. The molecule has 6 nitrogen and oxygen atoms in total. The Kier molecular flexibility index (Phi) is 5.10. The number of carbonyl (C=O) groups excluding carboxylic acids is 1. The minimum atomic E-state index is -1.22. The molecular formula is C12H23N3O3. The van der Waals surface area contributed by atoms with E-state index in [0.717, 1.165) is 12.8 Å². The van der Waals surface area contributed by atoms with Gasteiger partial charge in [-0.25, -0.2) is 0 Å². The van der Waals surface area contributed by atoms with Gasteiger partial charge in [0.1, 0.15) is 5.54 Å². The first-order chi connectivity index (χ1) is 8.40. The van der Waals surface area contributed by atoms with Crippen LogP contribution in [0.25, 0.3) is 0 Å². The van der Waals surface area contributed by atoms with Crippen LogP contribution in [0.4, 0.5) is 0 Å². The molecule has 0 heterocycles. The molecule has 0 spiro atoms. The van der Waals surface area contributed by atoms with Crippen LogP contribution in [0.3, 0.4) is 0 Å². The summed E-state index contributed by atoms with van der Waals surface area (Å²) in [7, 11) is 1.69. The summed E-state index contributed by atoms with van der Waals surface area (Å²) in [4.78, 5) is 22.7. The highest BCUT2D eigenvalue weighted by Gasteiger charge is 2.45. The zero-order valence-corrected chi connectivity index (χ0v) is 11.0. The van der Waals surface area contributed by atoms with E-state index in [1.54, 1.807) is 7.05 Å². The lowest BCUT2D eigenvalue weighted by molar-refractivity contribution is -0.148. The third-order valence-electron chi connectivity index (χ3n) is 3.70. The molecule has 1 saturated carbocycles. The molecule has 18 heavy (non-hydrogen) atoms. The zero-order chi connectivity index (χ0) is 13.8. The highest BCUT2D eigenvalue weighted by molar-refractivity contribution is 5.80. The monoisotopic (exact) mass is 257 g/mol. The number of carbonyl (C=O) groups is 2. The number of amides is 1. The molecule has 1 aliphatic rings. The summed E-state index contributed by atoms with van der Waals surface area (Å²) >= 11 is 0. The molecule has 104 valence electrons. The van der Waals surface area contributed by atoms with Crippen LogP contribution in [-0.4, -0.2) is 42.7 Å². The van der Waals surface area contributed by atoms with E-state index in [2.05, 4.69) is 10.6 Å². The summed E-state index contributed by atoms with van der Waals surface area (Å²) in [6.45, 7) is 2.57. The van der Waals surface area contributed by atoms with Crippen LogP contribution in [0, 0.1) is 11.8 Å². The topological polar surface area (TPSA) is 104 Å². The summed E-state index contributed by atoms with van der Waals surface area (Å²) in [5, 5.41) is 14.8. The molecule has 0 bridgehead atoms. The van der Waals surface area contributed by atoms with Gasteiger partial charge in [0.15, 0.2) is 0 Å². The number of hydrogen-bond acceptors (Lipinski definition) is 4. The molecular weight excluding hydrogens is 234 g/mol. The Morgan fingerprint density at radius 3 is 2.67 bits per heavy atom. The van der Waals surface area contributed by atoms with Gasteiger partial charge in [-0.05, 0) is 25.8 Å². The van der Waals surface area contributed by atoms with E-state index in [1.807, 2.05) is 6.92 Å². The van der Waals surface area contributed by atoms with Gasteiger partial charge in [0.25, 0.3) is 0 Å².